The van der Waals surface area contributed by atoms with Gasteiger partial charge in [-0.15, -0.1) is 0 Å². The van der Waals surface area contributed by atoms with E-state index >= 15 is 0 Å². The molecule has 1 N–H and O–H groups in total. The molecule has 2 nitrogen and oxygen atoms in total. The number of para-hydroxylation sites is 1. The minimum Gasteiger partial charge on any atom is -0.305 e. The minimum atomic E-state index is 0.288. The van der Waals surface area contributed by atoms with Crippen molar-refractivity contribution >= 4 is 26.8 Å². The first-order chi connectivity index (χ1) is 10.2. The summed E-state index contributed by atoms with van der Waals surface area (Å²) >= 11 is 3.51. The zero-order valence-corrected chi connectivity index (χ0v) is 13.5. The monoisotopic (exact) mass is 340 g/mol. The summed E-state index contributed by atoms with van der Waals surface area (Å²) in [5.41, 5.74) is 3.38. The van der Waals surface area contributed by atoms with E-state index in [1.54, 1.807) is 0 Å². The van der Waals surface area contributed by atoms with E-state index in [9.17, 15) is 0 Å². The third-order valence-corrected chi connectivity index (χ3v) is 4.09. The van der Waals surface area contributed by atoms with Gasteiger partial charge in [-0.2, -0.15) is 0 Å². The average Bonchev–Trinajstić information content (AvgIpc) is 2.52. The van der Waals surface area contributed by atoms with Crippen molar-refractivity contribution in [3.63, 3.8) is 0 Å². The first-order valence-electron chi connectivity index (χ1n) is 7.06. The van der Waals surface area contributed by atoms with Crippen molar-refractivity contribution in [1.82, 2.24) is 10.3 Å². The Morgan fingerprint density at radius 3 is 2.76 bits per heavy atom. The molecule has 21 heavy (non-hydrogen) atoms. The predicted molar refractivity (Wildman–Crippen MR) is 91.1 cm³/mol. The lowest BCUT2D eigenvalue weighted by Crippen LogP contribution is -2.18. The van der Waals surface area contributed by atoms with Crippen LogP contribution in [0.2, 0.25) is 0 Å². The van der Waals surface area contributed by atoms with Gasteiger partial charge in [-0.1, -0.05) is 52.3 Å². The molecule has 0 fully saturated rings. The molecule has 1 heterocycles. The van der Waals surface area contributed by atoms with E-state index in [4.69, 9.17) is 0 Å². The molecular weight excluding hydrogens is 324 g/mol. The second-order valence-corrected chi connectivity index (χ2v) is 6.07. The smallest absolute Gasteiger partial charge is 0.0705 e. The number of nitrogens with zero attached hydrogens (tertiary/aromatic N) is 1. The van der Waals surface area contributed by atoms with Crippen LogP contribution in [0.15, 0.2) is 65.1 Å². The average molecular weight is 341 g/mol. The zero-order valence-electron chi connectivity index (χ0n) is 11.9. The third kappa shape index (κ3) is 3.49. The van der Waals surface area contributed by atoms with Crippen molar-refractivity contribution in [2.24, 2.45) is 0 Å². The molecule has 0 unspecified atom stereocenters. The molecule has 0 saturated heterocycles. The largest absolute Gasteiger partial charge is 0.305 e. The molecule has 1 atom stereocenters. The molecular formula is C18H17BrN2. The van der Waals surface area contributed by atoms with E-state index in [-0.39, 0.29) is 6.04 Å². The second-order valence-electron chi connectivity index (χ2n) is 5.15. The Kier molecular flexibility index (Phi) is 4.32. The highest BCUT2D eigenvalue weighted by Crippen LogP contribution is 2.18. The number of rotatable bonds is 4. The molecule has 106 valence electrons. The van der Waals surface area contributed by atoms with Gasteiger partial charge in [0, 0.05) is 22.4 Å². The van der Waals surface area contributed by atoms with E-state index in [0.717, 1.165) is 22.2 Å². The summed E-state index contributed by atoms with van der Waals surface area (Å²) in [6.45, 7) is 2.93. The Morgan fingerprint density at radius 2 is 1.90 bits per heavy atom. The molecule has 0 radical (unpaired) electrons. The van der Waals surface area contributed by atoms with Crippen LogP contribution in [-0.4, -0.2) is 4.98 Å². The predicted octanol–water partition coefficient (Wildman–Crippen LogP) is 4.85. The fourth-order valence-electron chi connectivity index (χ4n) is 2.36. The molecule has 0 aliphatic rings. The number of benzene rings is 2. The maximum absolute atomic E-state index is 4.69. The molecule has 0 bridgehead atoms. The Labute approximate surface area is 133 Å². The number of aromatic nitrogens is 1. The highest BCUT2D eigenvalue weighted by Gasteiger charge is 2.06. The van der Waals surface area contributed by atoms with E-state index in [2.05, 4.69) is 75.6 Å². The molecule has 3 heteroatoms. The van der Waals surface area contributed by atoms with Crippen molar-refractivity contribution in [2.45, 2.75) is 19.5 Å². The van der Waals surface area contributed by atoms with Crippen molar-refractivity contribution in [1.29, 1.82) is 0 Å². The fraction of sp³-hybridized carbons (Fsp3) is 0.167. The zero-order chi connectivity index (χ0) is 14.7. The normalized spacial score (nSPS) is 12.5. The molecule has 0 spiro atoms. The quantitative estimate of drug-likeness (QED) is 0.734. The summed E-state index contributed by atoms with van der Waals surface area (Å²) in [6, 6.07) is 21.1. The molecule has 3 rings (SSSR count). The first kappa shape index (κ1) is 14.2. The molecule has 3 aromatic rings. The minimum absolute atomic E-state index is 0.288. The van der Waals surface area contributed by atoms with E-state index in [0.29, 0.717) is 0 Å². The van der Waals surface area contributed by atoms with Gasteiger partial charge in [-0.05, 0) is 36.8 Å². The van der Waals surface area contributed by atoms with Crippen LogP contribution < -0.4 is 5.32 Å². The Hall–Kier alpha value is -1.71. The third-order valence-electron chi connectivity index (χ3n) is 3.59. The van der Waals surface area contributed by atoms with Crippen molar-refractivity contribution < 1.29 is 0 Å². The lowest BCUT2D eigenvalue weighted by molar-refractivity contribution is 0.568. The van der Waals surface area contributed by atoms with Gasteiger partial charge in [0.2, 0.25) is 0 Å². The molecule has 1 aromatic heterocycles. The number of nitrogens with one attached hydrogen (secondary N) is 1. The molecule has 0 aliphatic heterocycles. The maximum Gasteiger partial charge on any atom is 0.0705 e. The Balaban J connectivity index is 1.71. The van der Waals surface area contributed by atoms with Crippen molar-refractivity contribution in [3.8, 4) is 0 Å². The van der Waals surface area contributed by atoms with Crippen LogP contribution in [-0.2, 0) is 6.54 Å². The van der Waals surface area contributed by atoms with Crippen LogP contribution in [0, 0.1) is 0 Å². The van der Waals surface area contributed by atoms with Gasteiger partial charge in [0.1, 0.15) is 0 Å². The van der Waals surface area contributed by atoms with Gasteiger partial charge in [0.05, 0.1) is 11.2 Å². The number of hydrogen-bond acceptors (Lipinski definition) is 2. The second kappa shape index (κ2) is 6.37. The van der Waals surface area contributed by atoms with Crippen LogP contribution in [0.1, 0.15) is 24.2 Å². The SMILES string of the molecule is C[C@@H](NCc1ccc2ccccc2n1)c1cccc(Br)c1. The van der Waals surface area contributed by atoms with E-state index in [1.807, 2.05) is 18.2 Å². The molecule has 0 saturated carbocycles. The molecule has 2 aromatic carbocycles. The highest BCUT2D eigenvalue weighted by molar-refractivity contribution is 9.10. The van der Waals surface area contributed by atoms with Crippen molar-refractivity contribution in [2.75, 3.05) is 0 Å². The maximum atomic E-state index is 4.69. The van der Waals surface area contributed by atoms with E-state index in [1.165, 1.54) is 10.9 Å². The van der Waals surface area contributed by atoms with Crippen LogP contribution in [0.3, 0.4) is 0 Å². The van der Waals surface area contributed by atoms with Crippen LogP contribution in [0.4, 0.5) is 0 Å². The Morgan fingerprint density at radius 1 is 1.05 bits per heavy atom. The summed E-state index contributed by atoms with van der Waals surface area (Å²) in [5, 5.41) is 4.71. The Bertz CT molecular complexity index is 755. The summed E-state index contributed by atoms with van der Waals surface area (Å²) in [5.74, 6) is 0. The van der Waals surface area contributed by atoms with E-state index < -0.39 is 0 Å². The fourth-order valence-corrected chi connectivity index (χ4v) is 2.78. The molecule has 0 aliphatic carbocycles. The number of hydrogen-bond donors (Lipinski definition) is 1. The topological polar surface area (TPSA) is 24.9 Å². The lowest BCUT2D eigenvalue weighted by Gasteiger charge is -2.14. The number of fused-ring (bicyclic) bond motifs is 1. The van der Waals surface area contributed by atoms with Crippen molar-refractivity contribution in [3.05, 3.63) is 76.4 Å². The van der Waals surface area contributed by atoms with Crippen LogP contribution >= 0.6 is 15.9 Å². The summed E-state index contributed by atoms with van der Waals surface area (Å²) in [7, 11) is 0. The van der Waals surface area contributed by atoms with Gasteiger partial charge >= 0.3 is 0 Å². The first-order valence-corrected chi connectivity index (χ1v) is 7.85. The lowest BCUT2D eigenvalue weighted by atomic mass is 10.1. The van der Waals surface area contributed by atoms with Gasteiger partial charge in [-0.3, -0.25) is 4.98 Å². The van der Waals surface area contributed by atoms with Crippen LogP contribution in [0.25, 0.3) is 10.9 Å². The van der Waals surface area contributed by atoms with Gasteiger partial charge in [0.15, 0.2) is 0 Å². The molecule has 0 amide bonds. The standard InChI is InChI=1S/C18H17BrN2/c1-13(15-6-4-7-16(19)11-15)20-12-17-10-9-14-5-2-3-8-18(14)21-17/h2-11,13,20H,12H2,1H3/t13-/m1/s1. The summed E-state index contributed by atoms with van der Waals surface area (Å²) in [6.07, 6.45) is 0. The van der Waals surface area contributed by atoms with Crippen LogP contribution in [0.5, 0.6) is 0 Å². The number of pyridine rings is 1. The number of halogens is 1. The van der Waals surface area contributed by atoms with Gasteiger partial charge < -0.3 is 5.32 Å². The summed E-state index contributed by atoms with van der Waals surface area (Å²) < 4.78 is 1.11. The highest BCUT2D eigenvalue weighted by atomic mass is 79.9. The van der Waals surface area contributed by atoms with Gasteiger partial charge in [-0.25, -0.2) is 0 Å². The summed E-state index contributed by atoms with van der Waals surface area (Å²) in [4.78, 5) is 4.69. The van der Waals surface area contributed by atoms with Gasteiger partial charge in [0.25, 0.3) is 0 Å².